The molecule has 0 N–H and O–H groups in total. The summed E-state index contributed by atoms with van der Waals surface area (Å²) >= 11 is 0. The largest absolute Gasteiger partial charge is 0.0654 e. The molecule has 2 aromatic carbocycles. The summed E-state index contributed by atoms with van der Waals surface area (Å²) in [6, 6.07) is 18.4. The van der Waals surface area contributed by atoms with Crippen molar-refractivity contribution in [2.24, 2.45) is 5.92 Å². The van der Waals surface area contributed by atoms with Gasteiger partial charge in [-0.3, -0.25) is 0 Å². The maximum atomic E-state index is 2.38. The number of unbranched alkanes of at least 4 members (excludes halogenated alkanes) is 2. The van der Waals surface area contributed by atoms with Crippen molar-refractivity contribution in [1.29, 1.82) is 0 Å². The van der Waals surface area contributed by atoms with E-state index in [9.17, 15) is 0 Å². The number of benzene rings is 2. The van der Waals surface area contributed by atoms with Crippen LogP contribution in [0, 0.1) is 5.92 Å². The summed E-state index contributed by atoms with van der Waals surface area (Å²) in [7, 11) is 0. The first-order valence-electron chi connectivity index (χ1n) is 10.5. The van der Waals surface area contributed by atoms with E-state index in [1.165, 1.54) is 68.1 Å². The molecule has 1 fully saturated rings. The quantitative estimate of drug-likeness (QED) is 0.454. The van der Waals surface area contributed by atoms with E-state index in [1.807, 2.05) is 0 Å². The van der Waals surface area contributed by atoms with E-state index in [2.05, 4.69) is 62.4 Å². The molecule has 0 aromatic heterocycles. The fourth-order valence-corrected chi connectivity index (χ4v) is 4.39. The zero-order valence-electron chi connectivity index (χ0n) is 16.1. The maximum Gasteiger partial charge on any atom is -0.0162 e. The van der Waals surface area contributed by atoms with Crippen molar-refractivity contribution >= 4 is 0 Å². The standard InChI is InChI=1S/C25H34/c1-3-5-6-8-21-11-13-22(14-12-21)23-15-17-24(18-16-23)25-10-7-9-20(4-2)19-25/h7,9-10,15-19,21-22H,3-6,8,11-14H2,1-2H3. The van der Waals surface area contributed by atoms with Crippen LogP contribution in [-0.2, 0) is 6.42 Å². The highest BCUT2D eigenvalue weighted by molar-refractivity contribution is 5.64. The molecule has 0 heterocycles. The first-order valence-corrected chi connectivity index (χ1v) is 10.5. The van der Waals surface area contributed by atoms with E-state index in [0.29, 0.717) is 0 Å². The second kappa shape index (κ2) is 9.22. The highest BCUT2D eigenvalue weighted by atomic mass is 14.3. The van der Waals surface area contributed by atoms with Crippen molar-refractivity contribution < 1.29 is 0 Å². The van der Waals surface area contributed by atoms with Crippen LogP contribution in [0.3, 0.4) is 0 Å². The minimum atomic E-state index is 0.790. The van der Waals surface area contributed by atoms with Gasteiger partial charge in [0.05, 0.1) is 0 Å². The molecule has 0 radical (unpaired) electrons. The van der Waals surface area contributed by atoms with Gasteiger partial charge >= 0.3 is 0 Å². The molecule has 1 aliphatic carbocycles. The Hall–Kier alpha value is -1.56. The van der Waals surface area contributed by atoms with Gasteiger partial charge in [-0.2, -0.15) is 0 Å². The van der Waals surface area contributed by atoms with Crippen molar-refractivity contribution in [2.45, 2.75) is 77.6 Å². The number of aryl methyl sites for hydroxylation is 1. The second-order valence-electron chi connectivity index (χ2n) is 7.89. The summed E-state index contributed by atoms with van der Waals surface area (Å²) in [6.45, 7) is 4.53. The third-order valence-corrected chi connectivity index (χ3v) is 6.11. The van der Waals surface area contributed by atoms with Gasteiger partial charge in [0.25, 0.3) is 0 Å². The molecule has 0 aliphatic heterocycles. The molecule has 134 valence electrons. The van der Waals surface area contributed by atoms with Gasteiger partial charge in [0, 0.05) is 0 Å². The smallest absolute Gasteiger partial charge is 0.0162 e. The Labute approximate surface area is 154 Å². The average molecular weight is 335 g/mol. The molecule has 2 aromatic rings. The van der Waals surface area contributed by atoms with Crippen LogP contribution in [-0.4, -0.2) is 0 Å². The lowest BCUT2D eigenvalue weighted by Crippen LogP contribution is -2.13. The van der Waals surface area contributed by atoms with Crippen molar-refractivity contribution in [3.05, 3.63) is 59.7 Å². The van der Waals surface area contributed by atoms with Crippen molar-refractivity contribution in [1.82, 2.24) is 0 Å². The summed E-state index contributed by atoms with van der Waals surface area (Å²) in [5.74, 6) is 1.79. The number of hydrogen-bond donors (Lipinski definition) is 0. The molecule has 0 bridgehead atoms. The number of hydrogen-bond acceptors (Lipinski definition) is 0. The molecule has 1 saturated carbocycles. The fraction of sp³-hybridized carbons (Fsp3) is 0.520. The Bertz CT molecular complexity index is 629. The molecule has 0 nitrogen and oxygen atoms in total. The molecule has 0 atom stereocenters. The molecule has 1 aliphatic rings. The summed E-state index contributed by atoms with van der Waals surface area (Å²) in [5, 5.41) is 0. The predicted octanol–water partition coefficient (Wildman–Crippen LogP) is 7.77. The molecule has 0 amide bonds. The van der Waals surface area contributed by atoms with Crippen molar-refractivity contribution in [3.63, 3.8) is 0 Å². The normalized spacial score (nSPS) is 20.6. The first-order chi connectivity index (χ1) is 12.3. The van der Waals surface area contributed by atoms with Crippen LogP contribution in [0.1, 0.15) is 82.3 Å². The van der Waals surface area contributed by atoms with Crippen molar-refractivity contribution in [3.8, 4) is 11.1 Å². The predicted molar refractivity (Wildman–Crippen MR) is 110 cm³/mol. The summed E-state index contributed by atoms with van der Waals surface area (Å²) in [6.07, 6.45) is 12.4. The minimum Gasteiger partial charge on any atom is -0.0654 e. The molecule has 0 unspecified atom stereocenters. The third-order valence-electron chi connectivity index (χ3n) is 6.11. The van der Waals surface area contributed by atoms with Crippen LogP contribution in [0.2, 0.25) is 0 Å². The van der Waals surface area contributed by atoms with Gasteiger partial charge in [-0.15, -0.1) is 0 Å². The first kappa shape index (κ1) is 18.2. The summed E-state index contributed by atoms with van der Waals surface area (Å²) in [4.78, 5) is 0. The van der Waals surface area contributed by atoms with E-state index in [0.717, 1.165) is 18.3 Å². The maximum absolute atomic E-state index is 2.38. The van der Waals surface area contributed by atoms with E-state index in [1.54, 1.807) is 5.56 Å². The lowest BCUT2D eigenvalue weighted by molar-refractivity contribution is 0.303. The van der Waals surface area contributed by atoms with E-state index in [-0.39, 0.29) is 0 Å². The molecule has 3 rings (SSSR count). The Kier molecular flexibility index (Phi) is 6.73. The molecule has 25 heavy (non-hydrogen) atoms. The Morgan fingerprint density at radius 3 is 2.24 bits per heavy atom. The monoisotopic (exact) mass is 334 g/mol. The van der Waals surface area contributed by atoms with Crippen LogP contribution >= 0.6 is 0 Å². The Morgan fingerprint density at radius 1 is 0.800 bits per heavy atom. The molecular weight excluding hydrogens is 300 g/mol. The Balaban J connectivity index is 1.58. The topological polar surface area (TPSA) is 0 Å². The summed E-state index contributed by atoms with van der Waals surface area (Å²) in [5.41, 5.74) is 5.68. The van der Waals surface area contributed by atoms with Gasteiger partial charge < -0.3 is 0 Å². The van der Waals surface area contributed by atoms with Crippen LogP contribution in [0.15, 0.2) is 48.5 Å². The van der Waals surface area contributed by atoms with Crippen LogP contribution < -0.4 is 0 Å². The zero-order chi connectivity index (χ0) is 17.5. The average Bonchev–Trinajstić information content (AvgIpc) is 2.69. The van der Waals surface area contributed by atoms with Gasteiger partial charge in [0.1, 0.15) is 0 Å². The molecular formula is C25H34. The van der Waals surface area contributed by atoms with Gasteiger partial charge in [0.15, 0.2) is 0 Å². The van der Waals surface area contributed by atoms with Gasteiger partial charge in [-0.1, -0.05) is 88.1 Å². The molecule has 0 saturated heterocycles. The third kappa shape index (κ3) is 4.97. The van der Waals surface area contributed by atoms with Gasteiger partial charge in [-0.25, -0.2) is 0 Å². The summed E-state index contributed by atoms with van der Waals surface area (Å²) < 4.78 is 0. The fourth-order valence-electron chi connectivity index (χ4n) is 4.39. The van der Waals surface area contributed by atoms with Gasteiger partial charge in [-0.05, 0) is 66.2 Å². The lowest BCUT2D eigenvalue weighted by atomic mass is 9.77. The minimum absolute atomic E-state index is 0.790. The van der Waals surface area contributed by atoms with E-state index >= 15 is 0 Å². The van der Waals surface area contributed by atoms with Gasteiger partial charge in [0.2, 0.25) is 0 Å². The molecule has 0 spiro atoms. The van der Waals surface area contributed by atoms with Crippen molar-refractivity contribution in [2.75, 3.05) is 0 Å². The highest BCUT2D eigenvalue weighted by Gasteiger charge is 2.21. The molecule has 0 heteroatoms. The van der Waals surface area contributed by atoms with Crippen LogP contribution in [0.4, 0.5) is 0 Å². The Morgan fingerprint density at radius 2 is 1.56 bits per heavy atom. The number of rotatable bonds is 7. The highest BCUT2D eigenvalue weighted by Crippen LogP contribution is 2.38. The van der Waals surface area contributed by atoms with E-state index in [4.69, 9.17) is 0 Å². The van der Waals surface area contributed by atoms with Crippen LogP contribution in [0.5, 0.6) is 0 Å². The lowest BCUT2D eigenvalue weighted by Gasteiger charge is -2.29. The zero-order valence-corrected chi connectivity index (χ0v) is 16.1. The second-order valence-corrected chi connectivity index (χ2v) is 7.89. The van der Waals surface area contributed by atoms with E-state index < -0.39 is 0 Å². The van der Waals surface area contributed by atoms with Crippen LogP contribution in [0.25, 0.3) is 11.1 Å². The SMILES string of the molecule is CCCCCC1CCC(c2ccc(-c3cccc(CC)c3)cc2)CC1.